The maximum Gasteiger partial charge on any atom is 0.279 e. The van der Waals surface area contributed by atoms with E-state index in [-0.39, 0.29) is 11.1 Å². The van der Waals surface area contributed by atoms with Gasteiger partial charge in [-0.05, 0) is 18.2 Å². The second kappa shape index (κ2) is 5.75. The Bertz CT molecular complexity index is 643. The molecule has 0 saturated heterocycles. The number of nitro benzene ring substituents is 1. The van der Waals surface area contributed by atoms with Crippen LogP contribution in [0.2, 0.25) is 0 Å². The predicted molar refractivity (Wildman–Crippen MR) is 81.5 cm³/mol. The molecule has 0 aliphatic rings. The Morgan fingerprint density at radius 3 is 2.80 bits per heavy atom. The molecule has 6 heteroatoms. The molecule has 1 aromatic heterocycles. The van der Waals surface area contributed by atoms with Gasteiger partial charge in [0.05, 0.1) is 16.9 Å². The molecule has 0 spiro atoms. The molecule has 5 nitrogen and oxygen atoms in total. The summed E-state index contributed by atoms with van der Waals surface area (Å²) in [5, 5.41) is 12.3. The highest BCUT2D eigenvalue weighted by molar-refractivity contribution is 9.09. The predicted octanol–water partition coefficient (Wildman–Crippen LogP) is 3.94. The fourth-order valence-electron chi connectivity index (χ4n) is 1.72. The number of alkyl halides is 1. The molecule has 0 aliphatic carbocycles. The van der Waals surface area contributed by atoms with E-state index in [0.717, 1.165) is 5.33 Å². The summed E-state index contributed by atoms with van der Waals surface area (Å²) in [6.45, 7) is 4.65. The van der Waals surface area contributed by atoms with Crippen LogP contribution in [-0.4, -0.2) is 21.8 Å². The van der Waals surface area contributed by atoms with Crippen molar-refractivity contribution in [3.63, 3.8) is 0 Å². The van der Waals surface area contributed by atoms with Crippen LogP contribution in [0.5, 0.6) is 5.75 Å². The number of hydrogen-bond donors (Lipinski definition) is 0. The Hall–Kier alpha value is -1.69. The zero-order valence-electron chi connectivity index (χ0n) is 11.3. The summed E-state index contributed by atoms with van der Waals surface area (Å²) in [6, 6.07) is 6.43. The summed E-state index contributed by atoms with van der Waals surface area (Å²) in [5.74, 6) is 0.570. The molecule has 106 valence electrons. The molecule has 2 rings (SSSR count). The van der Waals surface area contributed by atoms with Crippen LogP contribution in [0.25, 0.3) is 10.9 Å². The van der Waals surface area contributed by atoms with Crippen molar-refractivity contribution in [3.8, 4) is 5.75 Å². The number of fused-ring (bicyclic) bond motifs is 1. The van der Waals surface area contributed by atoms with Crippen LogP contribution < -0.4 is 4.74 Å². The van der Waals surface area contributed by atoms with E-state index in [9.17, 15) is 10.1 Å². The van der Waals surface area contributed by atoms with E-state index < -0.39 is 4.92 Å². The van der Waals surface area contributed by atoms with E-state index in [1.807, 2.05) is 0 Å². The third-order valence-electron chi connectivity index (χ3n) is 2.89. The Morgan fingerprint density at radius 1 is 1.40 bits per heavy atom. The number of nitrogens with zero attached hydrogens (tertiary/aromatic N) is 2. The first-order valence-electron chi connectivity index (χ1n) is 6.15. The van der Waals surface area contributed by atoms with Crippen LogP contribution in [0.1, 0.15) is 13.8 Å². The lowest BCUT2D eigenvalue weighted by atomic mass is 9.98. The number of aromatic nitrogens is 1. The SMILES string of the molecule is CC(C)(CBr)COc1ccc([N+](=O)[O-])c2cccnc12. The van der Waals surface area contributed by atoms with E-state index >= 15 is 0 Å². The molecule has 0 fully saturated rings. The molecule has 0 saturated carbocycles. The van der Waals surface area contributed by atoms with E-state index in [1.165, 1.54) is 6.07 Å². The molecule has 0 N–H and O–H groups in total. The first-order chi connectivity index (χ1) is 9.44. The monoisotopic (exact) mass is 338 g/mol. The van der Waals surface area contributed by atoms with Gasteiger partial charge in [0.25, 0.3) is 5.69 Å². The number of non-ortho nitro benzene ring substituents is 1. The third kappa shape index (κ3) is 3.07. The molecule has 1 heterocycles. The van der Waals surface area contributed by atoms with E-state index in [2.05, 4.69) is 34.8 Å². The lowest BCUT2D eigenvalue weighted by molar-refractivity contribution is -0.383. The van der Waals surface area contributed by atoms with E-state index in [1.54, 1.807) is 24.4 Å². The molecule has 0 aliphatic heterocycles. The van der Waals surface area contributed by atoms with Gasteiger partial charge in [-0.1, -0.05) is 29.8 Å². The summed E-state index contributed by atoms with van der Waals surface area (Å²) in [4.78, 5) is 14.8. The van der Waals surface area contributed by atoms with Crippen molar-refractivity contribution in [3.05, 3.63) is 40.6 Å². The van der Waals surface area contributed by atoms with Crippen molar-refractivity contribution in [1.29, 1.82) is 0 Å². The molecule has 0 radical (unpaired) electrons. The molecule has 1 aromatic carbocycles. The van der Waals surface area contributed by atoms with Crippen molar-refractivity contribution in [2.45, 2.75) is 13.8 Å². The minimum absolute atomic E-state index is 0.0249. The average molecular weight is 339 g/mol. The smallest absolute Gasteiger partial charge is 0.279 e. The Morgan fingerprint density at radius 2 is 2.15 bits per heavy atom. The summed E-state index contributed by atoms with van der Waals surface area (Å²) in [5.41, 5.74) is 0.537. The standard InChI is InChI=1S/C14H15BrN2O3/c1-14(2,8-15)9-20-12-6-5-11(17(18)19)10-4-3-7-16-13(10)12/h3-7H,8-9H2,1-2H3. The first-order valence-corrected chi connectivity index (χ1v) is 7.28. The highest BCUT2D eigenvalue weighted by Crippen LogP contribution is 2.32. The van der Waals surface area contributed by atoms with Crippen molar-refractivity contribution < 1.29 is 9.66 Å². The highest BCUT2D eigenvalue weighted by atomic mass is 79.9. The van der Waals surface area contributed by atoms with Gasteiger partial charge in [-0.2, -0.15) is 0 Å². The Balaban J connectivity index is 2.41. The average Bonchev–Trinajstić information content (AvgIpc) is 2.44. The number of rotatable bonds is 5. The van der Waals surface area contributed by atoms with Gasteiger partial charge >= 0.3 is 0 Å². The van der Waals surface area contributed by atoms with Crippen LogP contribution >= 0.6 is 15.9 Å². The molecule has 0 bridgehead atoms. The zero-order valence-corrected chi connectivity index (χ0v) is 12.9. The second-order valence-electron chi connectivity index (χ2n) is 5.33. The summed E-state index contributed by atoms with van der Waals surface area (Å²) in [6.07, 6.45) is 1.61. The van der Waals surface area contributed by atoms with Crippen LogP contribution in [0.4, 0.5) is 5.69 Å². The van der Waals surface area contributed by atoms with Crippen LogP contribution in [0.15, 0.2) is 30.5 Å². The highest BCUT2D eigenvalue weighted by Gasteiger charge is 2.20. The maximum absolute atomic E-state index is 11.0. The fourth-order valence-corrected chi connectivity index (χ4v) is 1.88. The summed E-state index contributed by atoms with van der Waals surface area (Å²) >= 11 is 3.44. The molecule has 20 heavy (non-hydrogen) atoms. The molecular weight excluding hydrogens is 324 g/mol. The number of halogens is 1. The van der Waals surface area contributed by atoms with E-state index in [0.29, 0.717) is 23.3 Å². The number of benzene rings is 1. The van der Waals surface area contributed by atoms with Gasteiger partial charge in [-0.3, -0.25) is 15.1 Å². The number of nitro groups is 1. The maximum atomic E-state index is 11.0. The summed E-state index contributed by atoms with van der Waals surface area (Å²) < 4.78 is 5.79. The van der Waals surface area contributed by atoms with Crippen molar-refractivity contribution in [2.24, 2.45) is 5.41 Å². The van der Waals surface area contributed by atoms with Gasteiger partial charge in [-0.25, -0.2) is 0 Å². The van der Waals surface area contributed by atoms with Gasteiger partial charge in [-0.15, -0.1) is 0 Å². The summed E-state index contributed by atoms with van der Waals surface area (Å²) in [7, 11) is 0. The zero-order chi connectivity index (χ0) is 14.8. The molecular formula is C14H15BrN2O3. The van der Waals surface area contributed by atoms with Gasteiger partial charge in [0.2, 0.25) is 0 Å². The lowest BCUT2D eigenvalue weighted by Crippen LogP contribution is -2.22. The van der Waals surface area contributed by atoms with Crippen molar-refractivity contribution in [2.75, 3.05) is 11.9 Å². The first kappa shape index (κ1) is 14.7. The van der Waals surface area contributed by atoms with Crippen LogP contribution in [0.3, 0.4) is 0 Å². The van der Waals surface area contributed by atoms with Crippen LogP contribution in [0, 0.1) is 15.5 Å². The number of ether oxygens (including phenoxy) is 1. The van der Waals surface area contributed by atoms with Gasteiger partial charge in [0.15, 0.2) is 0 Å². The van der Waals surface area contributed by atoms with Crippen LogP contribution in [-0.2, 0) is 0 Å². The topological polar surface area (TPSA) is 65.3 Å². The van der Waals surface area contributed by atoms with Gasteiger partial charge < -0.3 is 4.74 Å². The normalized spacial score (nSPS) is 11.6. The number of pyridine rings is 1. The fraction of sp³-hybridized carbons (Fsp3) is 0.357. The largest absolute Gasteiger partial charge is 0.491 e. The molecule has 0 unspecified atom stereocenters. The quantitative estimate of drug-likeness (QED) is 0.470. The molecule has 0 atom stereocenters. The van der Waals surface area contributed by atoms with Gasteiger partial charge in [0.1, 0.15) is 11.3 Å². The Kier molecular flexibility index (Phi) is 4.23. The lowest BCUT2D eigenvalue weighted by Gasteiger charge is -2.22. The van der Waals surface area contributed by atoms with E-state index in [4.69, 9.17) is 4.74 Å². The number of hydrogen-bond acceptors (Lipinski definition) is 4. The minimum atomic E-state index is -0.407. The molecule has 2 aromatic rings. The second-order valence-corrected chi connectivity index (χ2v) is 5.89. The molecule has 0 amide bonds. The minimum Gasteiger partial charge on any atom is -0.491 e. The third-order valence-corrected chi connectivity index (χ3v) is 4.40. The van der Waals surface area contributed by atoms with Gasteiger partial charge in [0, 0.05) is 23.0 Å². The van der Waals surface area contributed by atoms with Crippen molar-refractivity contribution >= 4 is 32.5 Å². The van der Waals surface area contributed by atoms with Crippen molar-refractivity contribution in [1.82, 2.24) is 4.98 Å². The Labute approximate surface area is 125 Å².